The maximum atomic E-state index is 11.9. The molecule has 0 aromatic heterocycles. The Bertz CT molecular complexity index is 682. The van der Waals surface area contributed by atoms with E-state index < -0.39 is 5.97 Å². The number of amides is 1. The number of hydrogen-bond acceptors (Lipinski definition) is 4. The van der Waals surface area contributed by atoms with Crippen molar-refractivity contribution in [2.45, 2.75) is 6.92 Å². The van der Waals surface area contributed by atoms with Crippen molar-refractivity contribution >= 4 is 17.6 Å². The third-order valence-corrected chi connectivity index (χ3v) is 2.97. The Morgan fingerprint density at radius 3 is 2.59 bits per heavy atom. The van der Waals surface area contributed by atoms with Crippen molar-refractivity contribution in [2.75, 3.05) is 19.0 Å². The second kappa shape index (κ2) is 7.26. The summed E-state index contributed by atoms with van der Waals surface area (Å²) in [6.07, 6.45) is 0. The third kappa shape index (κ3) is 4.09. The van der Waals surface area contributed by atoms with Crippen LogP contribution in [0.3, 0.4) is 0 Å². The Kier molecular flexibility index (Phi) is 5.14. The van der Waals surface area contributed by atoms with Gasteiger partial charge in [-0.25, -0.2) is 4.79 Å². The van der Waals surface area contributed by atoms with E-state index in [9.17, 15) is 9.59 Å². The highest BCUT2D eigenvalue weighted by molar-refractivity contribution is 6.01. The Labute approximate surface area is 128 Å². The van der Waals surface area contributed by atoms with Crippen LogP contribution in [-0.4, -0.2) is 25.6 Å². The minimum atomic E-state index is -0.504. The van der Waals surface area contributed by atoms with Crippen molar-refractivity contribution in [3.05, 3.63) is 59.7 Å². The molecule has 0 heterocycles. The zero-order valence-corrected chi connectivity index (χ0v) is 12.5. The maximum absolute atomic E-state index is 11.9. The standard InChI is InChI=1S/C17H17NO4/c1-12-6-5-7-13(10-12)22-11-16(19)18-15-9-4-3-8-14(15)17(20)21-2/h3-10H,11H2,1-2H3,(H,18,19). The first-order chi connectivity index (χ1) is 10.6. The highest BCUT2D eigenvalue weighted by Gasteiger charge is 2.13. The van der Waals surface area contributed by atoms with Crippen LogP contribution in [0.5, 0.6) is 5.75 Å². The number of benzene rings is 2. The van der Waals surface area contributed by atoms with Gasteiger partial charge in [-0.15, -0.1) is 0 Å². The number of ether oxygens (including phenoxy) is 2. The Hall–Kier alpha value is -2.82. The monoisotopic (exact) mass is 299 g/mol. The first-order valence-electron chi connectivity index (χ1n) is 6.77. The molecule has 0 unspecified atom stereocenters. The number of hydrogen-bond donors (Lipinski definition) is 1. The fourth-order valence-electron chi connectivity index (χ4n) is 1.92. The number of aryl methyl sites for hydroxylation is 1. The third-order valence-electron chi connectivity index (χ3n) is 2.97. The summed E-state index contributed by atoms with van der Waals surface area (Å²) in [5.41, 5.74) is 1.75. The molecule has 0 aliphatic rings. The minimum Gasteiger partial charge on any atom is -0.484 e. The molecule has 1 amide bonds. The van der Waals surface area contributed by atoms with Gasteiger partial charge in [-0.1, -0.05) is 24.3 Å². The Balaban J connectivity index is 1.99. The molecule has 2 rings (SSSR count). The average molecular weight is 299 g/mol. The molecule has 0 saturated carbocycles. The minimum absolute atomic E-state index is 0.140. The summed E-state index contributed by atoms with van der Waals surface area (Å²) >= 11 is 0. The number of rotatable bonds is 5. The van der Waals surface area contributed by atoms with E-state index in [1.165, 1.54) is 7.11 Å². The lowest BCUT2D eigenvalue weighted by Crippen LogP contribution is -2.21. The van der Waals surface area contributed by atoms with Crippen molar-refractivity contribution in [3.8, 4) is 5.75 Å². The zero-order chi connectivity index (χ0) is 15.9. The van der Waals surface area contributed by atoms with Gasteiger partial charge in [-0.2, -0.15) is 0 Å². The molecular formula is C17H17NO4. The Morgan fingerprint density at radius 1 is 1.09 bits per heavy atom. The lowest BCUT2D eigenvalue weighted by molar-refractivity contribution is -0.118. The zero-order valence-electron chi connectivity index (χ0n) is 12.5. The molecule has 2 aromatic carbocycles. The van der Waals surface area contributed by atoms with Crippen molar-refractivity contribution in [3.63, 3.8) is 0 Å². The number of carbonyl (C=O) groups is 2. The number of methoxy groups -OCH3 is 1. The van der Waals surface area contributed by atoms with E-state index in [1.807, 2.05) is 25.1 Å². The van der Waals surface area contributed by atoms with E-state index in [4.69, 9.17) is 4.74 Å². The quantitative estimate of drug-likeness (QED) is 0.862. The molecule has 1 N–H and O–H groups in total. The fraction of sp³-hybridized carbons (Fsp3) is 0.176. The molecule has 0 spiro atoms. The smallest absolute Gasteiger partial charge is 0.339 e. The summed E-state index contributed by atoms with van der Waals surface area (Å²) in [4.78, 5) is 23.6. The molecule has 0 aliphatic carbocycles. The highest BCUT2D eigenvalue weighted by atomic mass is 16.5. The molecule has 5 heteroatoms. The molecule has 114 valence electrons. The summed E-state index contributed by atoms with van der Waals surface area (Å²) < 4.78 is 10.1. The number of esters is 1. The summed E-state index contributed by atoms with van der Waals surface area (Å²) in [6.45, 7) is 1.80. The number of para-hydroxylation sites is 1. The molecule has 2 aromatic rings. The van der Waals surface area contributed by atoms with Crippen LogP contribution in [0.4, 0.5) is 5.69 Å². The maximum Gasteiger partial charge on any atom is 0.339 e. The van der Waals surface area contributed by atoms with Gasteiger partial charge >= 0.3 is 5.97 Å². The molecule has 22 heavy (non-hydrogen) atoms. The normalized spacial score (nSPS) is 9.91. The van der Waals surface area contributed by atoms with E-state index in [0.29, 0.717) is 17.0 Å². The van der Waals surface area contributed by atoms with E-state index >= 15 is 0 Å². The van der Waals surface area contributed by atoms with Gasteiger partial charge in [-0.05, 0) is 36.8 Å². The molecule has 0 fully saturated rings. The van der Waals surface area contributed by atoms with E-state index in [-0.39, 0.29) is 12.5 Å². The average Bonchev–Trinajstić information content (AvgIpc) is 2.53. The number of nitrogens with one attached hydrogen (secondary N) is 1. The van der Waals surface area contributed by atoms with Gasteiger partial charge in [0.15, 0.2) is 6.61 Å². The van der Waals surface area contributed by atoms with Gasteiger partial charge in [0.2, 0.25) is 0 Å². The molecular weight excluding hydrogens is 282 g/mol. The lowest BCUT2D eigenvalue weighted by Gasteiger charge is -2.10. The van der Waals surface area contributed by atoms with Crippen LogP contribution in [0.15, 0.2) is 48.5 Å². The number of anilines is 1. The first kappa shape index (κ1) is 15.6. The topological polar surface area (TPSA) is 64.6 Å². The molecule has 0 radical (unpaired) electrons. The fourth-order valence-corrected chi connectivity index (χ4v) is 1.92. The van der Waals surface area contributed by atoms with Gasteiger partial charge in [0.1, 0.15) is 5.75 Å². The van der Waals surface area contributed by atoms with Crippen LogP contribution in [0.25, 0.3) is 0 Å². The van der Waals surface area contributed by atoms with Gasteiger partial charge < -0.3 is 14.8 Å². The van der Waals surface area contributed by atoms with Crippen LogP contribution in [0.2, 0.25) is 0 Å². The summed E-state index contributed by atoms with van der Waals surface area (Å²) in [5, 5.41) is 2.65. The summed E-state index contributed by atoms with van der Waals surface area (Å²) in [6, 6.07) is 14.1. The van der Waals surface area contributed by atoms with Crippen molar-refractivity contribution in [1.29, 1.82) is 0 Å². The van der Waals surface area contributed by atoms with Crippen LogP contribution in [0, 0.1) is 6.92 Å². The second-order valence-corrected chi connectivity index (χ2v) is 4.69. The van der Waals surface area contributed by atoms with Crippen molar-refractivity contribution < 1.29 is 19.1 Å². The van der Waals surface area contributed by atoms with E-state index in [1.54, 1.807) is 30.3 Å². The Morgan fingerprint density at radius 2 is 1.86 bits per heavy atom. The van der Waals surface area contributed by atoms with E-state index in [0.717, 1.165) is 5.56 Å². The molecule has 5 nitrogen and oxygen atoms in total. The van der Waals surface area contributed by atoms with Crippen LogP contribution < -0.4 is 10.1 Å². The second-order valence-electron chi connectivity index (χ2n) is 4.69. The van der Waals surface area contributed by atoms with Gasteiger partial charge in [0.25, 0.3) is 5.91 Å². The highest BCUT2D eigenvalue weighted by Crippen LogP contribution is 2.16. The van der Waals surface area contributed by atoms with Crippen LogP contribution in [0.1, 0.15) is 15.9 Å². The molecule has 0 aliphatic heterocycles. The summed E-state index contributed by atoms with van der Waals surface area (Å²) in [7, 11) is 1.29. The predicted molar refractivity (Wildman–Crippen MR) is 83.1 cm³/mol. The molecule has 0 bridgehead atoms. The largest absolute Gasteiger partial charge is 0.484 e. The van der Waals surface area contributed by atoms with E-state index in [2.05, 4.69) is 10.1 Å². The van der Waals surface area contributed by atoms with Gasteiger partial charge in [0.05, 0.1) is 18.4 Å². The molecule has 0 saturated heterocycles. The lowest BCUT2D eigenvalue weighted by atomic mass is 10.2. The SMILES string of the molecule is COC(=O)c1ccccc1NC(=O)COc1cccc(C)c1. The first-order valence-corrected chi connectivity index (χ1v) is 6.77. The summed E-state index contributed by atoms with van der Waals surface area (Å²) in [5.74, 6) is -0.232. The van der Waals surface area contributed by atoms with Crippen LogP contribution >= 0.6 is 0 Å². The van der Waals surface area contributed by atoms with Crippen molar-refractivity contribution in [1.82, 2.24) is 0 Å². The van der Waals surface area contributed by atoms with Crippen molar-refractivity contribution in [2.24, 2.45) is 0 Å². The number of carbonyl (C=O) groups excluding carboxylic acids is 2. The predicted octanol–water partition coefficient (Wildman–Crippen LogP) is 2.80. The van der Waals surface area contributed by atoms with Gasteiger partial charge in [0, 0.05) is 0 Å². The molecule has 0 atom stereocenters. The van der Waals surface area contributed by atoms with Gasteiger partial charge in [-0.3, -0.25) is 4.79 Å². The van der Waals surface area contributed by atoms with Crippen LogP contribution in [-0.2, 0) is 9.53 Å².